The highest BCUT2D eigenvalue weighted by Crippen LogP contribution is 2.58. The van der Waals surface area contributed by atoms with E-state index in [0.717, 1.165) is 56.2 Å². The molecule has 1 aliphatic carbocycles. The van der Waals surface area contributed by atoms with Crippen molar-refractivity contribution in [3.8, 4) is 5.75 Å². The van der Waals surface area contributed by atoms with Crippen molar-refractivity contribution >= 4 is 55.9 Å². The number of anilines is 2. The van der Waals surface area contributed by atoms with Crippen molar-refractivity contribution in [1.29, 1.82) is 0 Å². The number of fused-ring (bicyclic) bond motifs is 2. The van der Waals surface area contributed by atoms with Crippen LogP contribution < -0.4 is 25.2 Å². The second-order valence-electron chi connectivity index (χ2n) is 11.2. The summed E-state index contributed by atoms with van der Waals surface area (Å²) in [5.41, 5.74) is 0.646. The summed E-state index contributed by atoms with van der Waals surface area (Å²) >= 11 is 0.989. The number of allylic oxidation sites excluding steroid dienone is 2. The van der Waals surface area contributed by atoms with Crippen LogP contribution >= 0.6 is 26.7 Å². The number of thioether (sulfide) groups is 1. The fourth-order valence-corrected chi connectivity index (χ4v) is 9.27. The highest BCUT2D eigenvalue weighted by Gasteiger charge is 2.42. The zero-order valence-electron chi connectivity index (χ0n) is 23.3. The third-order valence-corrected chi connectivity index (χ3v) is 12.8. The minimum atomic E-state index is -5.08. The monoisotopic (exact) mass is 642 g/mol. The number of rotatable bonds is 10. The van der Waals surface area contributed by atoms with Crippen molar-refractivity contribution < 1.29 is 38.1 Å². The average molecular weight is 643 g/mol. The van der Waals surface area contributed by atoms with Gasteiger partial charge in [0.25, 0.3) is 0 Å². The molecule has 1 aromatic carbocycles. The Morgan fingerprint density at radius 3 is 2.57 bits per heavy atom. The van der Waals surface area contributed by atoms with Crippen LogP contribution in [-0.2, 0) is 9.36 Å². The van der Waals surface area contributed by atoms with Gasteiger partial charge in [0.2, 0.25) is 5.91 Å². The molecular formula is C27H37FN4O7P2S. The van der Waals surface area contributed by atoms with Crippen LogP contribution in [0.1, 0.15) is 31.2 Å². The van der Waals surface area contributed by atoms with Crippen LogP contribution in [-0.4, -0.2) is 81.9 Å². The molecule has 0 radical (unpaired) electrons. The van der Waals surface area contributed by atoms with Crippen molar-refractivity contribution in [1.82, 2.24) is 10.6 Å². The van der Waals surface area contributed by atoms with Crippen molar-refractivity contribution in [3.05, 3.63) is 47.3 Å². The van der Waals surface area contributed by atoms with Crippen LogP contribution in [0.3, 0.4) is 0 Å². The SMILES string of the molecule is C=C(SCC(=O)NC(P(=C)(O)O)P(=O)(O)O)C1=CN(C2CC2)c2c(cc(F)c(N3C[C@@H]4CCCN[C@@H]4C3)c2OC)C1=C. The molecule has 3 fully saturated rings. The lowest BCUT2D eigenvalue weighted by atomic mass is 9.92. The number of ether oxygens (including phenoxy) is 1. The van der Waals surface area contributed by atoms with Crippen LogP contribution in [0.15, 0.2) is 35.9 Å². The van der Waals surface area contributed by atoms with Gasteiger partial charge in [-0.25, -0.2) is 4.39 Å². The predicted octanol–water partition coefficient (Wildman–Crippen LogP) is 2.99. The van der Waals surface area contributed by atoms with E-state index in [-0.39, 0.29) is 11.8 Å². The maximum Gasteiger partial charge on any atom is 0.356 e. The third kappa shape index (κ3) is 6.25. The van der Waals surface area contributed by atoms with Gasteiger partial charge < -0.3 is 44.7 Å². The molecule has 6 N–H and O–H groups in total. The van der Waals surface area contributed by atoms with Crippen LogP contribution in [0.2, 0.25) is 0 Å². The number of carbonyl (C=O) groups is 1. The molecule has 3 heterocycles. The Labute approximate surface area is 248 Å². The molecule has 4 aliphatic rings. The standard InChI is InChI=1S/C27H37FN4O7P2S/c1-15-19-10-21(28)25(31-11-17-6-5-9-29-22(17)13-31)26(39-3)24(19)32(18-7-8-18)12-20(15)16(2)42-14-23(33)30-27(40(4,34)35)41(36,37)38/h10,12,17-18,22,27,29,34-35H,1-2,4-9,11,13-14H2,3H3,(H,30,33)(H2,36,37,38)/t17-,22+,27?/m0/s1. The first-order chi connectivity index (χ1) is 19.7. The van der Waals surface area contributed by atoms with E-state index in [9.17, 15) is 28.9 Å². The second-order valence-corrected chi connectivity index (χ2v) is 16.5. The fraction of sp³-hybridized carbons (Fsp3) is 0.481. The van der Waals surface area contributed by atoms with Gasteiger partial charge in [-0.05, 0) is 56.1 Å². The normalized spacial score (nSPS) is 23.2. The Balaban J connectivity index is 1.39. The first kappa shape index (κ1) is 31.3. The highest BCUT2D eigenvalue weighted by molar-refractivity contribution is 8.03. The molecule has 11 nitrogen and oxygen atoms in total. The fourth-order valence-electron chi connectivity index (χ4n) is 5.96. The summed E-state index contributed by atoms with van der Waals surface area (Å²) in [6.45, 7) is 10.7. The van der Waals surface area contributed by atoms with Crippen LogP contribution in [0, 0.1) is 11.7 Å². The number of benzene rings is 1. The lowest BCUT2D eigenvalue weighted by molar-refractivity contribution is -0.118. The molecule has 3 atom stereocenters. The Morgan fingerprint density at radius 2 is 1.98 bits per heavy atom. The van der Waals surface area contributed by atoms with Crippen LogP contribution in [0.4, 0.5) is 15.8 Å². The summed E-state index contributed by atoms with van der Waals surface area (Å²) in [6, 6.07) is 1.98. The lowest BCUT2D eigenvalue weighted by Crippen LogP contribution is -2.40. The van der Waals surface area contributed by atoms with Crippen molar-refractivity contribution in [2.24, 2.45) is 5.92 Å². The first-order valence-electron chi connectivity index (χ1n) is 13.6. The molecule has 5 rings (SSSR count). The van der Waals surface area contributed by atoms with E-state index < -0.39 is 32.2 Å². The zero-order chi connectivity index (χ0) is 30.6. The Hall–Kier alpha value is -2.08. The van der Waals surface area contributed by atoms with Crippen molar-refractivity contribution in [3.63, 3.8) is 0 Å². The highest BCUT2D eigenvalue weighted by atomic mass is 32.2. The maximum absolute atomic E-state index is 16.0. The Bertz CT molecular complexity index is 1400. The zero-order valence-corrected chi connectivity index (χ0v) is 25.9. The van der Waals surface area contributed by atoms with Crippen molar-refractivity contribution in [2.75, 3.05) is 42.3 Å². The predicted molar refractivity (Wildman–Crippen MR) is 166 cm³/mol. The van der Waals surface area contributed by atoms with Gasteiger partial charge >= 0.3 is 7.60 Å². The number of piperidine rings is 1. The molecule has 0 aromatic heterocycles. The summed E-state index contributed by atoms with van der Waals surface area (Å²) in [7, 11) is -7.86. The number of methoxy groups -OCH3 is 1. The number of carbonyl (C=O) groups excluding carboxylic acids is 1. The van der Waals surface area contributed by atoms with Gasteiger partial charge in [-0.3, -0.25) is 9.36 Å². The number of amides is 1. The summed E-state index contributed by atoms with van der Waals surface area (Å²) in [6.07, 6.45) is 8.99. The third-order valence-electron chi connectivity index (χ3n) is 8.10. The van der Waals surface area contributed by atoms with E-state index in [2.05, 4.69) is 34.6 Å². The van der Waals surface area contributed by atoms with Gasteiger partial charge in [-0.1, -0.05) is 13.2 Å². The summed E-state index contributed by atoms with van der Waals surface area (Å²) in [5, 5.41) is 5.55. The summed E-state index contributed by atoms with van der Waals surface area (Å²) in [5.74, 6) is -0.656. The molecule has 1 unspecified atom stereocenters. The van der Waals surface area contributed by atoms with E-state index in [1.54, 1.807) is 7.11 Å². The average Bonchev–Trinajstić information content (AvgIpc) is 3.66. The quantitative estimate of drug-likeness (QED) is 0.209. The summed E-state index contributed by atoms with van der Waals surface area (Å²) in [4.78, 5) is 55.4. The van der Waals surface area contributed by atoms with Gasteiger partial charge in [0.1, 0.15) is 13.0 Å². The van der Waals surface area contributed by atoms with Gasteiger partial charge in [0.15, 0.2) is 17.1 Å². The van der Waals surface area contributed by atoms with Gasteiger partial charge in [-0.15, -0.1) is 11.8 Å². The minimum Gasteiger partial charge on any atom is -0.492 e. The smallest absolute Gasteiger partial charge is 0.356 e. The van der Waals surface area contributed by atoms with Gasteiger partial charge in [-0.2, -0.15) is 0 Å². The molecular weight excluding hydrogens is 605 g/mol. The van der Waals surface area contributed by atoms with E-state index >= 15 is 4.39 Å². The molecule has 15 heteroatoms. The molecule has 1 amide bonds. The van der Waals surface area contributed by atoms with E-state index in [4.69, 9.17) is 4.74 Å². The molecule has 3 aliphatic heterocycles. The molecule has 0 spiro atoms. The minimum absolute atomic E-state index is 0.176. The number of nitrogens with zero attached hydrogens (tertiary/aromatic N) is 2. The van der Waals surface area contributed by atoms with Crippen LogP contribution in [0.5, 0.6) is 5.75 Å². The first-order valence-corrected chi connectivity index (χ1v) is 18.3. The lowest BCUT2D eigenvalue weighted by Gasteiger charge is -2.35. The molecule has 42 heavy (non-hydrogen) atoms. The largest absolute Gasteiger partial charge is 0.492 e. The molecule has 0 bridgehead atoms. The van der Waals surface area contributed by atoms with Crippen LogP contribution in [0.25, 0.3) is 5.57 Å². The van der Waals surface area contributed by atoms with Gasteiger partial charge in [0.05, 0.1) is 18.6 Å². The molecule has 1 saturated carbocycles. The van der Waals surface area contributed by atoms with E-state index in [1.165, 1.54) is 6.07 Å². The van der Waals surface area contributed by atoms with Crippen molar-refractivity contribution in [2.45, 2.75) is 43.3 Å². The summed E-state index contributed by atoms with van der Waals surface area (Å²) < 4.78 is 33.5. The molecule has 230 valence electrons. The maximum atomic E-state index is 16.0. The number of hydrogen-bond acceptors (Lipinski definition) is 9. The molecule has 2 saturated heterocycles. The number of hydrogen-bond donors (Lipinski definition) is 6. The van der Waals surface area contributed by atoms with E-state index in [1.807, 2.05) is 11.5 Å². The molecule has 1 aromatic rings. The number of nitrogens with one attached hydrogen (secondary N) is 2. The topological polar surface area (TPSA) is 155 Å². The second kappa shape index (κ2) is 11.8. The van der Waals surface area contributed by atoms with Gasteiger partial charge in [0, 0.05) is 47.4 Å². The Kier molecular flexibility index (Phi) is 8.79. The van der Waals surface area contributed by atoms with E-state index in [0.29, 0.717) is 51.6 Å². The Morgan fingerprint density at radius 1 is 1.26 bits per heavy atom. The number of halogens is 1.